The van der Waals surface area contributed by atoms with E-state index in [-0.39, 0.29) is 0 Å². The number of imide groups is 1. The van der Waals surface area contributed by atoms with E-state index >= 15 is 0 Å². The highest BCUT2D eigenvalue weighted by Gasteiger charge is 2.16. The number of hydrogen-bond acceptors (Lipinski definition) is 4. The summed E-state index contributed by atoms with van der Waals surface area (Å²) in [7, 11) is 0. The molecule has 0 saturated heterocycles. The van der Waals surface area contributed by atoms with Crippen LogP contribution in [0.1, 0.15) is 25.5 Å². The lowest BCUT2D eigenvalue weighted by Gasteiger charge is -2.14. The van der Waals surface area contributed by atoms with Crippen LogP contribution in [0.4, 0.5) is 4.79 Å². The number of amides is 3. The van der Waals surface area contributed by atoms with Gasteiger partial charge in [0, 0.05) is 0 Å². The molecule has 1 aromatic rings. The minimum Gasteiger partial charge on any atom is -0.481 e. The van der Waals surface area contributed by atoms with Gasteiger partial charge in [0.1, 0.15) is 5.75 Å². The third kappa shape index (κ3) is 4.06. The monoisotopic (exact) mass is 252 g/mol. The van der Waals surface area contributed by atoms with Crippen molar-refractivity contribution in [3.8, 4) is 5.75 Å². The highest BCUT2D eigenvalue weighted by molar-refractivity contribution is 5.95. The van der Waals surface area contributed by atoms with Crippen molar-refractivity contribution < 1.29 is 19.4 Å². The fraction of sp³-hybridized carbons (Fsp3) is 0.333. The van der Waals surface area contributed by atoms with Crippen LogP contribution in [0, 0.1) is 0 Å². The molecule has 0 aliphatic heterocycles. The first kappa shape index (κ1) is 14.0. The van der Waals surface area contributed by atoms with Crippen LogP contribution >= 0.6 is 0 Å². The maximum Gasteiger partial charge on any atom is 0.318 e. The van der Waals surface area contributed by atoms with Gasteiger partial charge in [0.15, 0.2) is 6.10 Å². The van der Waals surface area contributed by atoms with Crippen molar-refractivity contribution in [2.45, 2.75) is 26.1 Å². The van der Waals surface area contributed by atoms with Crippen LogP contribution in [0.3, 0.4) is 0 Å². The summed E-state index contributed by atoms with van der Waals surface area (Å²) in [6, 6.07) is 5.74. The number of carbonyl (C=O) groups is 2. The second-order valence-electron chi connectivity index (χ2n) is 3.86. The fourth-order valence-corrected chi connectivity index (χ4v) is 1.31. The van der Waals surface area contributed by atoms with Crippen molar-refractivity contribution in [3.63, 3.8) is 0 Å². The Morgan fingerprint density at radius 3 is 2.28 bits per heavy atom. The molecule has 1 aromatic carbocycles. The van der Waals surface area contributed by atoms with E-state index in [9.17, 15) is 14.7 Å². The van der Waals surface area contributed by atoms with E-state index in [1.807, 2.05) is 5.32 Å². The molecule has 0 saturated carbocycles. The molecule has 0 radical (unpaired) electrons. The minimum atomic E-state index is -0.917. The minimum absolute atomic E-state index is 0.464. The Bertz CT molecular complexity index is 428. The first-order chi connectivity index (χ1) is 8.40. The Kier molecular flexibility index (Phi) is 4.67. The van der Waals surface area contributed by atoms with Gasteiger partial charge in [-0.1, -0.05) is 12.1 Å². The largest absolute Gasteiger partial charge is 0.481 e. The summed E-state index contributed by atoms with van der Waals surface area (Å²) >= 11 is 0. The zero-order chi connectivity index (χ0) is 13.7. The maximum atomic E-state index is 11.4. The molecular formula is C12H16N2O4. The van der Waals surface area contributed by atoms with E-state index in [1.54, 1.807) is 31.2 Å². The number of ether oxygens (including phenoxy) is 1. The summed E-state index contributed by atoms with van der Waals surface area (Å²) in [6.45, 7) is 3.15. The molecule has 0 aromatic heterocycles. The van der Waals surface area contributed by atoms with Crippen LogP contribution in [-0.4, -0.2) is 23.1 Å². The number of aliphatic hydroxyl groups is 1. The van der Waals surface area contributed by atoms with Crippen molar-refractivity contribution in [2.75, 3.05) is 0 Å². The van der Waals surface area contributed by atoms with Crippen molar-refractivity contribution in [3.05, 3.63) is 29.8 Å². The highest BCUT2D eigenvalue weighted by atomic mass is 16.5. The topological polar surface area (TPSA) is 102 Å². The zero-order valence-electron chi connectivity index (χ0n) is 10.2. The molecule has 4 N–H and O–H groups in total. The average molecular weight is 252 g/mol. The smallest absolute Gasteiger partial charge is 0.318 e. The van der Waals surface area contributed by atoms with E-state index < -0.39 is 24.1 Å². The summed E-state index contributed by atoms with van der Waals surface area (Å²) in [4.78, 5) is 21.8. The zero-order valence-corrected chi connectivity index (χ0v) is 10.2. The molecule has 18 heavy (non-hydrogen) atoms. The molecule has 1 unspecified atom stereocenters. The number of benzene rings is 1. The number of hydrogen-bond donors (Lipinski definition) is 3. The molecule has 1 rings (SSSR count). The molecule has 2 atom stereocenters. The Balaban J connectivity index is 2.61. The summed E-state index contributed by atoms with van der Waals surface area (Å²) < 4.78 is 5.31. The van der Waals surface area contributed by atoms with Gasteiger partial charge in [-0.2, -0.15) is 0 Å². The van der Waals surface area contributed by atoms with Crippen LogP contribution in [-0.2, 0) is 4.79 Å². The third-order valence-corrected chi connectivity index (χ3v) is 2.29. The number of rotatable bonds is 4. The molecule has 0 bridgehead atoms. The first-order valence-electron chi connectivity index (χ1n) is 5.45. The molecular weight excluding hydrogens is 236 g/mol. The summed E-state index contributed by atoms with van der Waals surface area (Å²) in [5, 5.41) is 11.3. The predicted molar refractivity (Wildman–Crippen MR) is 64.9 cm³/mol. The van der Waals surface area contributed by atoms with Gasteiger partial charge in [-0.05, 0) is 31.5 Å². The van der Waals surface area contributed by atoms with Crippen LogP contribution in [0.15, 0.2) is 24.3 Å². The molecule has 0 spiro atoms. The highest BCUT2D eigenvalue weighted by Crippen LogP contribution is 2.18. The van der Waals surface area contributed by atoms with Gasteiger partial charge in [0.2, 0.25) is 0 Å². The van der Waals surface area contributed by atoms with E-state index in [1.165, 1.54) is 6.92 Å². The normalized spacial score (nSPS) is 13.5. The molecule has 0 fully saturated rings. The van der Waals surface area contributed by atoms with E-state index in [0.717, 1.165) is 5.56 Å². The van der Waals surface area contributed by atoms with Crippen molar-refractivity contribution >= 4 is 11.9 Å². The Morgan fingerprint density at radius 1 is 1.28 bits per heavy atom. The second-order valence-corrected chi connectivity index (χ2v) is 3.86. The quantitative estimate of drug-likeness (QED) is 0.734. The summed E-state index contributed by atoms with van der Waals surface area (Å²) in [6.07, 6.45) is -1.40. The van der Waals surface area contributed by atoms with Crippen molar-refractivity contribution in [1.82, 2.24) is 5.32 Å². The summed E-state index contributed by atoms with van der Waals surface area (Å²) in [5.41, 5.74) is 5.57. The molecule has 0 aliphatic rings. The lowest BCUT2D eigenvalue weighted by Crippen LogP contribution is -2.42. The molecule has 6 nitrogen and oxygen atoms in total. The van der Waals surface area contributed by atoms with Gasteiger partial charge in [0.05, 0.1) is 6.10 Å². The number of nitrogens with one attached hydrogen (secondary N) is 1. The lowest BCUT2D eigenvalue weighted by molar-refractivity contribution is -0.126. The Hall–Kier alpha value is -2.08. The van der Waals surface area contributed by atoms with Gasteiger partial charge in [-0.15, -0.1) is 0 Å². The van der Waals surface area contributed by atoms with Crippen LogP contribution < -0.4 is 15.8 Å². The predicted octanol–water partition coefficient (Wildman–Crippen LogP) is 0.702. The number of nitrogens with two attached hydrogens (primary N) is 1. The maximum absolute atomic E-state index is 11.4. The van der Waals surface area contributed by atoms with Crippen LogP contribution in [0.25, 0.3) is 0 Å². The van der Waals surface area contributed by atoms with E-state index in [2.05, 4.69) is 0 Å². The number of aliphatic hydroxyl groups excluding tert-OH is 1. The van der Waals surface area contributed by atoms with Crippen molar-refractivity contribution in [1.29, 1.82) is 0 Å². The molecule has 0 heterocycles. The van der Waals surface area contributed by atoms with Gasteiger partial charge in [0.25, 0.3) is 5.91 Å². The standard InChI is InChI=1S/C12H16N2O4/c1-7(15)9-3-5-10(6-4-9)18-8(2)11(16)14-12(13)17/h3-8,15H,1-2H3,(H3,13,14,16,17)/t7-,8?/m1/s1. The van der Waals surface area contributed by atoms with Gasteiger partial charge in [-0.3, -0.25) is 10.1 Å². The van der Waals surface area contributed by atoms with Crippen molar-refractivity contribution in [2.24, 2.45) is 5.73 Å². The fourth-order valence-electron chi connectivity index (χ4n) is 1.31. The number of urea groups is 1. The van der Waals surface area contributed by atoms with E-state index in [0.29, 0.717) is 5.75 Å². The Morgan fingerprint density at radius 2 is 1.83 bits per heavy atom. The molecule has 3 amide bonds. The number of carbonyl (C=O) groups excluding carboxylic acids is 2. The first-order valence-corrected chi connectivity index (χ1v) is 5.45. The second kappa shape index (κ2) is 6.02. The third-order valence-electron chi connectivity index (χ3n) is 2.29. The molecule has 0 aliphatic carbocycles. The molecule has 98 valence electrons. The van der Waals surface area contributed by atoms with Crippen LogP contribution in [0.5, 0.6) is 5.75 Å². The Labute approximate surface area is 105 Å². The van der Waals surface area contributed by atoms with Gasteiger partial charge in [-0.25, -0.2) is 4.79 Å². The molecule has 6 heteroatoms. The number of primary amides is 1. The average Bonchev–Trinajstić information content (AvgIpc) is 2.28. The summed E-state index contributed by atoms with van der Waals surface area (Å²) in [5.74, 6) is -0.145. The van der Waals surface area contributed by atoms with Gasteiger partial charge >= 0.3 is 6.03 Å². The lowest BCUT2D eigenvalue weighted by atomic mass is 10.1. The SMILES string of the molecule is CC(Oc1ccc([C@@H](C)O)cc1)C(=O)NC(N)=O. The van der Waals surface area contributed by atoms with Gasteiger partial charge < -0.3 is 15.6 Å². The van der Waals surface area contributed by atoms with Crippen LogP contribution in [0.2, 0.25) is 0 Å². The van der Waals surface area contributed by atoms with E-state index in [4.69, 9.17) is 10.5 Å².